The van der Waals surface area contributed by atoms with Crippen LogP contribution in [0.25, 0.3) is 0 Å². The van der Waals surface area contributed by atoms with Gasteiger partial charge >= 0.3 is 5.97 Å². The molecule has 0 aliphatic heterocycles. The molecular weight excluding hydrogens is 154 g/mol. The van der Waals surface area contributed by atoms with Crippen LogP contribution in [-0.4, -0.2) is 17.0 Å². The number of carboxylic acid groups (broad SMARTS) is 1. The Morgan fingerprint density at radius 2 is 2.27 bits per heavy atom. The lowest BCUT2D eigenvalue weighted by Gasteiger charge is -2.07. The maximum Gasteiger partial charge on any atom is 0.303 e. The highest BCUT2D eigenvalue weighted by Gasteiger charge is 2.39. The molecule has 0 saturated heterocycles. The topological polar surface area (TPSA) is 37.3 Å². The van der Waals surface area contributed by atoms with Crippen molar-refractivity contribution < 1.29 is 18.7 Å². The van der Waals surface area contributed by atoms with E-state index in [-0.39, 0.29) is 25.2 Å². The number of halogens is 2. The molecule has 2 nitrogen and oxygen atoms in total. The number of aliphatic carboxylic acids is 1. The first-order valence-electron chi connectivity index (χ1n) is 3.59. The molecule has 11 heavy (non-hydrogen) atoms. The Kier molecular flexibility index (Phi) is 2.11. The van der Waals surface area contributed by atoms with Crippen LogP contribution in [-0.2, 0) is 4.79 Å². The molecule has 64 valence electrons. The van der Waals surface area contributed by atoms with E-state index in [0.29, 0.717) is 6.42 Å². The predicted octanol–water partition coefficient (Wildman–Crippen LogP) is 1.90. The fraction of sp³-hybridized carbons (Fsp3) is 0.857. The Morgan fingerprint density at radius 1 is 1.64 bits per heavy atom. The lowest BCUT2D eigenvalue weighted by atomic mass is 10.0. The van der Waals surface area contributed by atoms with Crippen LogP contribution >= 0.6 is 0 Å². The first kappa shape index (κ1) is 8.43. The van der Waals surface area contributed by atoms with E-state index in [1.54, 1.807) is 0 Å². The second-order valence-corrected chi connectivity index (χ2v) is 3.06. The van der Waals surface area contributed by atoms with Crippen LogP contribution in [0.1, 0.15) is 25.7 Å². The van der Waals surface area contributed by atoms with Gasteiger partial charge in [-0.25, -0.2) is 8.78 Å². The third-order valence-corrected chi connectivity index (χ3v) is 1.97. The molecule has 1 aliphatic carbocycles. The van der Waals surface area contributed by atoms with E-state index in [4.69, 9.17) is 5.11 Å². The van der Waals surface area contributed by atoms with Gasteiger partial charge in [0.1, 0.15) is 0 Å². The van der Waals surface area contributed by atoms with Gasteiger partial charge in [-0.05, 0) is 12.3 Å². The number of rotatable bonds is 2. The molecule has 1 saturated carbocycles. The molecule has 0 aromatic heterocycles. The minimum atomic E-state index is -2.61. The first-order chi connectivity index (χ1) is 4.99. The minimum Gasteiger partial charge on any atom is -0.481 e. The number of hydrogen-bond donors (Lipinski definition) is 1. The second kappa shape index (κ2) is 2.75. The number of carbonyl (C=O) groups is 1. The quantitative estimate of drug-likeness (QED) is 0.676. The van der Waals surface area contributed by atoms with Crippen molar-refractivity contribution in [1.29, 1.82) is 0 Å². The van der Waals surface area contributed by atoms with Gasteiger partial charge in [-0.2, -0.15) is 0 Å². The Labute approximate surface area is 63.2 Å². The van der Waals surface area contributed by atoms with Gasteiger partial charge in [0.15, 0.2) is 0 Å². The van der Waals surface area contributed by atoms with Crippen molar-refractivity contribution in [2.75, 3.05) is 0 Å². The first-order valence-corrected chi connectivity index (χ1v) is 3.59. The fourth-order valence-corrected chi connectivity index (χ4v) is 1.46. The zero-order chi connectivity index (χ0) is 8.48. The largest absolute Gasteiger partial charge is 0.481 e. The average Bonchev–Trinajstić information content (AvgIpc) is 2.08. The highest BCUT2D eigenvalue weighted by Crippen LogP contribution is 2.40. The SMILES string of the molecule is O=C(O)C[C@H]1CCC(F)(F)C1. The molecule has 1 atom stereocenters. The van der Waals surface area contributed by atoms with Gasteiger partial charge in [0.25, 0.3) is 0 Å². The molecule has 1 aliphatic rings. The molecule has 1 fully saturated rings. The minimum absolute atomic E-state index is 0.115. The number of hydrogen-bond acceptors (Lipinski definition) is 1. The van der Waals surface area contributed by atoms with Crippen LogP contribution in [0.15, 0.2) is 0 Å². The summed E-state index contributed by atoms with van der Waals surface area (Å²) in [4.78, 5) is 10.1. The van der Waals surface area contributed by atoms with Gasteiger partial charge in [-0.1, -0.05) is 0 Å². The standard InChI is InChI=1S/C7H10F2O2/c8-7(9)2-1-5(4-7)3-6(10)11/h5H,1-4H2,(H,10,11)/t5-/m1/s1. The van der Waals surface area contributed by atoms with Crippen molar-refractivity contribution in [3.05, 3.63) is 0 Å². The summed E-state index contributed by atoms with van der Waals surface area (Å²) in [6.45, 7) is 0. The maximum atomic E-state index is 12.5. The monoisotopic (exact) mass is 164 g/mol. The van der Waals surface area contributed by atoms with Gasteiger partial charge in [0.2, 0.25) is 5.92 Å². The molecule has 0 aromatic carbocycles. The Morgan fingerprint density at radius 3 is 2.64 bits per heavy atom. The Bertz CT molecular complexity index is 168. The van der Waals surface area contributed by atoms with Crippen molar-refractivity contribution >= 4 is 5.97 Å². The van der Waals surface area contributed by atoms with E-state index in [1.807, 2.05) is 0 Å². The van der Waals surface area contributed by atoms with Crippen LogP contribution < -0.4 is 0 Å². The highest BCUT2D eigenvalue weighted by atomic mass is 19.3. The third kappa shape index (κ3) is 2.44. The van der Waals surface area contributed by atoms with Gasteiger partial charge in [0, 0.05) is 19.3 Å². The molecule has 0 amide bonds. The maximum absolute atomic E-state index is 12.5. The average molecular weight is 164 g/mol. The molecule has 1 N–H and O–H groups in total. The summed E-state index contributed by atoms with van der Waals surface area (Å²) in [7, 11) is 0. The lowest BCUT2D eigenvalue weighted by molar-refractivity contribution is -0.138. The molecule has 0 radical (unpaired) electrons. The Balaban J connectivity index is 2.36. The molecule has 0 heterocycles. The second-order valence-electron chi connectivity index (χ2n) is 3.06. The molecule has 0 unspecified atom stereocenters. The zero-order valence-electron chi connectivity index (χ0n) is 6.02. The van der Waals surface area contributed by atoms with Crippen LogP contribution in [0, 0.1) is 5.92 Å². The van der Waals surface area contributed by atoms with E-state index in [0.717, 1.165) is 0 Å². The summed E-state index contributed by atoms with van der Waals surface area (Å²) in [5.41, 5.74) is 0. The van der Waals surface area contributed by atoms with Crippen LogP contribution in [0.5, 0.6) is 0 Å². The molecule has 0 bridgehead atoms. The number of alkyl halides is 2. The number of carboxylic acids is 1. The van der Waals surface area contributed by atoms with Crippen molar-refractivity contribution in [3.8, 4) is 0 Å². The normalized spacial score (nSPS) is 28.7. The van der Waals surface area contributed by atoms with E-state index in [9.17, 15) is 13.6 Å². The van der Waals surface area contributed by atoms with Crippen molar-refractivity contribution in [2.24, 2.45) is 5.92 Å². The van der Waals surface area contributed by atoms with Crippen LogP contribution in [0.3, 0.4) is 0 Å². The Hall–Kier alpha value is -0.670. The summed E-state index contributed by atoms with van der Waals surface area (Å²) in [6.07, 6.45) is -0.168. The van der Waals surface area contributed by atoms with E-state index >= 15 is 0 Å². The van der Waals surface area contributed by atoms with Gasteiger partial charge in [-0.3, -0.25) is 4.79 Å². The third-order valence-electron chi connectivity index (χ3n) is 1.97. The van der Waals surface area contributed by atoms with Crippen molar-refractivity contribution in [2.45, 2.75) is 31.6 Å². The van der Waals surface area contributed by atoms with Crippen LogP contribution in [0.2, 0.25) is 0 Å². The molecule has 4 heteroatoms. The molecule has 1 rings (SSSR count). The molecule has 0 spiro atoms. The van der Waals surface area contributed by atoms with Gasteiger partial charge < -0.3 is 5.11 Å². The summed E-state index contributed by atoms with van der Waals surface area (Å²) >= 11 is 0. The van der Waals surface area contributed by atoms with E-state index in [1.165, 1.54) is 0 Å². The summed E-state index contributed by atoms with van der Waals surface area (Å²) in [6, 6.07) is 0. The zero-order valence-corrected chi connectivity index (χ0v) is 6.02. The highest BCUT2D eigenvalue weighted by molar-refractivity contribution is 5.67. The predicted molar refractivity (Wildman–Crippen MR) is 34.5 cm³/mol. The lowest BCUT2D eigenvalue weighted by Crippen LogP contribution is -2.11. The van der Waals surface area contributed by atoms with E-state index < -0.39 is 11.9 Å². The smallest absolute Gasteiger partial charge is 0.303 e. The van der Waals surface area contributed by atoms with Crippen molar-refractivity contribution in [3.63, 3.8) is 0 Å². The van der Waals surface area contributed by atoms with Crippen molar-refractivity contribution in [1.82, 2.24) is 0 Å². The fourth-order valence-electron chi connectivity index (χ4n) is 1.46. The summed E-state index contributed by atoms with van der Waals surface area (Å²) in [5.74, 6) is -3.91. The van der Waals surface area contributed by atoms with E-state index in [2.05, 4.69) is 0 Å². The van der Waals surface area contributed by atoms with Gasteiger partial charge in [0.05, 0.1) is 0 Å². The van der Waals surface area contributed by atoms with Gasteiger partial charge in [-0.15, -0.1) is 0 Å². The van der Waals surface area contributed by atoms with Crippen LogP contribution in [0.4, 0.5) is 8.78 Å². The molecular formula is C7H10F2O2. The molecule has 0 aromatic rings. The summed E-state index contributed by atoms with van der Waals surface area (Å²) in [5, 5.41) is 8.30. The summed E-state index contributed by atoms with van der Waals surface area (Å²) < 4.78 is 24.9.